The minimum absolute atomic E-state index is 0.00967. The molecule has 0 aliphatic heterocycles. The highest BCUT2D eigenvalue weighted by atomic mass is 16.2. The lowest BCUT2D eigenvalue weighted by molar-refractivity contribution is -0.116. The second-order valence-corrected chi connectivity index (χ2v) is 6.70. The van der Waals surface area contributed by atoms with Gasteiger partial charge in [-0.1, -0.05) is 50.1 Å². The Morgan fingerprint density at radius 3 is 2.42 bits per heavy atom. The molecule has 2 aromatic carbocycles. The Balaban J connectivity index is 1.83. The SMILES string of the molecule is CCCCCc1ccc(C(=O)CCC(=O)Nc2cc(N)ccc2C)cc1. The number of ketones is 1. The molecule has 26 heavy (non-hydrogen) atoms. The molecule has 4 heteroatoms. The number of nitrogens with one attached hydrogen (secondary N) is 1. The van der Waals surface area contributed by atoms with Gasteiger partial charge in [0.2, 0.25) is 5.91 Å². The van der Waals surface area contributed by atoms with Crippen molar-refractivity contribution in [3.8, 4) is 0 Å². The predicted molar refractivity (Wildman–Crippen MR) is 107 cm³/mol. The van der Waals surface area contributed by atoms with Crippen LogP contribution < -0.4 is 11.1 Å². The summed E-state index contributed by atoms with van der Waals surface area (Å²) in [6.07, 6.45) is 5.00. The summed E-state index contributed by atoms with van der Waals surface area (Å²) in [7, 11) is 0. The van der Waals surface area contributed by atoms with Gasteiger partial charge in [-0.15, -0.1) is 0 Å². The van der Waals surface area contributed by atoms with E-state index in [0.29, 0.717) is 16.9 Å². The number of amides is 1. The highest BCUT2D eigenvalue weighted by Gasteiger charge is 2.11. The number of hydrogen-bond acceptors (Lipinski definition) is 3. The molecule has 0 spiro atoms. The molecule has 2 rings (SSSR count). The second kappa shape index (κ2) is 9.76. The molecule has 0 atom stereocenters. The van der Waals surface area contributed by atoms with Crippen LogP contribution in [-0.2, 0) is 11.2 Å². The Bertz CT molecular complexity index is 751. The van der Waals surface area contributed by atoms with Crippen LogP contribution in [0.25, 0.3) is 0 Å². The Hall–Kier alpha value is -2.62. The van der Waals surface area contributed by atoms with Gasteiger partial charge in [0.1, 0.15) is 0 Å². The van der Waals surface area contributed by atoms with Crippen molar-refractivity contribution in [1.82, 2.24) is 0 Å². The molecule has 0 heterocycles. The lowest BCUT2D eigenvalue weighted by Crippen LogP contribution is -2.14. The number of Topliss-reactive ketones (excluding diaryl/α,β-unsaturated/α-hetero) is 1. The summed E-state index contributed by atoms with van der Waals surface area (Å²) >= 11 is 0. The van der Waals surface area contributed by atoms with Crippen molar-refractivity contribution >= 4 is 23.1 Å². The van der Waals surface area contributed by atoms with E-state index in [0.717, 1.165) is 12.0 Å². The highest BCUT2D eigenvalue weighted by molar-refractivity contribution is 6.00. The zero-order valence-electron chi connectivity index (χ0n) is 15.7. The van der Waals surface area contributed by atoms with Crippen LogP contribution in [0.5, 0.6) is 0 Å². The number of unbranched alkanes of at least 4 members (excludes halogenated alkanes) is 2. The molecule has 0 fully saturated rings. The predicted octanol–water partition coefficient (Wildman–Crippen LogP) is 4.91. The summed E-state index contributed by atoms with van der Waals surface area (Å²) in [6, 6.07) is 13.1. The lowest BCUT2D eigenvalue weighted by Gasteiger charge is -2.09. The number of carbonyl (C=O) groups excluding carboxylic acids is 2. The number of nitrogen functional groups attached to an aromatic ring is 1. The van der Waals surface area contributed by atoms with Crippen molar-refractivity contribution in [3.63, 3.8) is 0 Å². The third kappa shape index (κ3) is 6.03. The number of anilines is 2. The van der Waals surface area contributed by atoms with Gasteiger partial charge in [0.15, 0.2) is 5.78 Å². The van der Waals surface area contributed by atoms with Gasteiger partial charge in [-0.2, -0.15) is 0 Å². The minimum atomic E-state index is -0.178. The van der Waals surface area contributed by atoms with Gasteiger partial charge in [-0.25, -0.2) is 0 Å². The maximum atomic E-state index is 12.3. The van der Waals surface area contributed by atoms with E-state index < -0.39 is 0 Å². The Morgan fingerprint density at radius 1 is 1.00 bits per heavy atom. The normalized spacial score (nSPS) is 10.5. The van der Waals surface area contributed by atoms with Crippen LogP contribution in [0.1, 0.15) is 60.5 Å². The average molecular weight is 352 g/mol. The van der Waals surface area contributed by atoms with Gasteiger partial charge in [0.25, 0.3) is 0 Å². The van der Waals surface area contributed by atoms with Gasteiger partial charge >= 0.3 is 0 Å². The lowest BCUT2D eigenvalue weighted by atomic mass is 10.0. The molecule has 3 N–H and O–H groups in total. The monoisotopic (exact) mass is 352 g/mol. The number of carbonyl (C=O) groups is 2. The Kier molecular flexibility index (Phi) is 7.39. The van der Waals surface area contributed by atoms with E-state index in [2.05, 4.69) is 12.2 Å². The van der Waals surface area contributed by atoms with Crippen LogP contribution in [0.3, 0.4) is 0 Å². The second-order valence-electron chi connectivity index (χ2n) is 6.70. The summed E-state index contributed by atoms with van der Waals surface area (Å²) in [5, 5.41) is 2.82. The van der Waals surface area contributed by atoms with Crippen molar-refractivity contribution in [1.29, 1.82) is 0 Å². The summed E-state index contributed by atoms with van der Waals surface area (Å²) in [6.45, 7) is 4.09. The van der Waals surface area contributed by atoms with Crippen molar-refractivity contribution in [2.24, 2.45) is 0 Å². The topological polar surface area (TPSA) is 72.2 Å². The molecule has 0 aliphatic carbocycles. The third-order valence-electron chi connectivity index (χ3n) is 4.46. The smallest absolute Gasteiger partial charge is 0.224 e. The molecule has 0 aromatic heterocycles. The highest BCUT2D eigenvalue weighted by Crippen LogP contribution is 2.18. The first-order chi connectivity index (χ1) is 12.5. The van der Waals surface area contributed by atoms with Crippen molar-refractivity contribution in [3.05, 3.63) is 59.2 Å². The standard InChI is InChI=1S/C22H28N2O2/c1-3-4-5-6-17-8-10-18(11-9-17)21(25)13-14-22(26)24-20-15-19(23)12-7-16(20)2/h7-12,15H,3-6,13-14,23H2,1-2H3,(H,24,26). The van der Waals surface area contributed by atoms with E-state index in [1.807, 2.05) is 37.3 Å². The maximum absolute atomic E-state index is 12.3. The van der Waals surface area contributed by atoms with Gasteiger partial charge in [0.05, 0.1) is 0 Å². The molecule has 1 amide bonds. The molecule has 0 saturated heterocycles. The molecular weight excluding hydrogens is 324 g/mol. The van der Waals surface area contributed by atoms with E-state index in [-0.39, 0.29) is 24.5 Å². The Labute approximate surface area is 155 Å². The van der Waals surface area contributed by atoms with Gasteiger partial charge in [0, 0.05) is 29.8 Å². The van der Waals surface area contributed by atoms with Crippen molar-refractivity contribution < 1.29 is 9.59 Å². The van der Waals surface area contributed by atoms with Gasteiger partial charge < -0.3 is 11.1 Å². The van der Waals surface area contributed by atoms with Crippen molar-refractivity contribution in [2.75, 3.05) is 11.1 Å². The first kappa shape index (κ1) is 19.7. The number of benzene rings is 2. The zero-order valence-corrected chi connectivity index (χ0v) is 15.7. The molecule has 4 nitrogen and oxygen atoms in total. The minimum Gasteiger partial charge on any atom is -0.399 e. The summed E-state index contributed by atoms with van der Waals surface area (Å²) in [5.41, 5.74) is 9.90. The summed E-state index contributed by atoms with van der Waals surface area (Å²) < 4.78 is 0. The van der Waals surface area contributed by atoms with E-state index in [9.17, 15) is 9.59 Å². The fourth-order valence-electron chi connectivity index (χ4n) is 2.79. The van der Waals surface area contributed by atoms with Crippen LogP contribution in [-0.4, -0.2) is 11.7 Å². The third-order valence-corrected chi connectivity index (χ3v) is 4.46. The number of rotatable bonds is 9. The largest absolute Gasteiger partial charge is 0.399 e. The first-order valence-electron chi connectivity index (χ1n) is 9.27. The van der Waals surface area contributed by atoms with E-state index in [1.54, 1.807) is 12.1 Å². The molecule has 138 valence electrons. The van der Waals surface area contributed by atoms with Gasteiger partial charge in [-0.05, 0) is 43.0 Å². The van der Waals surface area contributed by atoms with Gasteiger partial charge in [-0.3, -0.25) is 9.59 Å². The number of hydrogen-bond donors (Lipinski definition) is 2. The number of aryl methyl sites for hydroxylation is 2. The summed E-state index contributed by atoms with van der Waals surface area (Å²) in [4.78, 5) is 24.4. The quantitative estimate of drug-likeness (QED) is 0.382. The fourth-order valence-corrected chi connectivity index (χ4v) is 2.79. The summed E-state index contributed by atoms with van der Waals surface area (Å²) in [5.74, 6) is -0.187. The van der Waals surface area contributed by atoms with Crippen molar-refractivity contribution in [2.45, 2.75) is 52.4 Å². The van der Waals surface area contributed by atoms with Crippen LogP contribution in [0.4, 0.5) is 11.4 Å². The molecule has 0 bridgehead atoms. The fraction of sp³-hybridized carbons (Fsp3) is 0.364. The molecule has 0 unspecified atom stereocenters. The average Bonchev–Trinajstić information content (AvgIpc) is 2.63. The molecule has 0 aliphatic rings. The molecule has 0 radical (unpaired) electrons. The Morgan fingerprint density at radius 2 is 1.73 bits per heavy atom. The molecular formula is C22H28N2O2. The molecule has 2 aromatic rings. The maximum Gasteiger partial charge on any atom is 0.224 e. The van der Waals surface area contributed by atoms with Crippen LogP contribution in [0.15, 0.2) is 42.5 Å². The number of nitrogens with two attached hydrogens (primary N) is 1. The van der Waals surface area contributed by atoms with E-state index >= 15 is 0 Å². The van der Waals surface area contributed by atoms with E-state index in [1.165, 1.54) is 24.8 Å². The first-order valence-corrected chi connectivity index (χ1v) is 9.27. The zero-order chi connectivity index (χ0) is 18.9. The van der Waals surface area contributed by atoms with E-state index in [4.69, 9.17) is 5.73 Å². The van der Waals surface area contributed by atoms with Crippen LogP contribution >= 0.6 is 0 Å². The molecule has 0 saturated carbocycles. The van der Waals surface area contributed by atoms with Crippen LogP contribution in [0, 0.1) is 6.92 Å². The van der Waals surface area contributed by atoms with Crippen LogP contribution in [0.2, 0.25) is 0 Å².